The van der Waals surface area contributed by atoms with E-state index >= 15 is 0 Å². The number of aryl methyl sites for hydroxylation is 3. The van der Waals surface area contributed by atoms with E-state index in [2.05, 4.69) is 10.2 Å². The number of carbonyl (C=O) groups is 1. The van der Waals surface area contributed by atoms with Gasteiger partial charge in [-0.3, -0.25) is 14.2 Å². The van der Waals surface area contributed by atoms with Crippen LogP contribution in [0.5, 0.6) is 0 Å². The average molecular weight is 218 g/mol. The molecule has 0 fully saturated rings. The highest BCUT2D eigenvalue weighted by Crippen LogP contribution is 2.09. The molecule has 5 heteroatoms. The van der Waals surface area contributed by atoms with Gasteiger partial charge in [-0.15, -0.1) is 0 Å². The predicted octanol–water partition coefficient (Wildman–Crippen LogP) is 1.18. The van der Waals surface area contributed by atoms with Crippen molar-refractivity contribution in [2.75, 3.05) is 0 Å². The van der Waals surface area contributed by atoms with Gasteiger partial charge in [0.2, 0.25) is 5.78 Å². The van der Waals surface area contributed by atoms with Gasteiger partial charge in [0.05, 0.1) is 17.5 Å². The van der Waals surface area contributed by atoms with Crippen LogP contribution in [0.2, 0.25) is 0 Å². The summed E-state index contributed by atoms with van der Waals surface area (Å²) < 4.78 is 3.33. The van der Waals surface area contributed by atoms with Gasteiger partial charge in [-0.1, -0.05) is 0 Å². The van der Waals surface area contributed by atoms with E-state index in [-0.39, 0.29) is 5.78 Å². The van der Waals surface area contributed by atoms with E-state index in [0.717, 1.165) is 12.2 Å². The molecule has 5 nitrogen and oxygen atoms in total. The van der Waals surface area contributed by atoms with Crippen LogP contribution in [0.15, 0.2) is 18.5 Å². The summed E-state index contributed by atoms with van der Waals surface area (Å²) in [5.41, 5.74) is 2.03. The second-order valence-corrected chi connectivity index (χ2v) is 3.71. The van der Waals surface area contributed by atoms with Crippen LogP contribution in [0, 0.1) is 6.92 Å². The number of rotatable bonds is 3. The van der Waals surface area contributed by atoms with Gasteiger partial charge in [-0.25, -0.2) is 0 Å². The highest BCUT2D eigenvalue weighted by Gasteiger charge is 2.15. The summed E-state index contributed by atoms with van der Waals surface area (Å²) in [7, 11) is 1.77. The maximum absolute atomic E-state index is 12.1. The van der Waals surface area contributed by atoms with Gasteiger partial charge in [-0.2, -0.15) is 10.2 Å². The number of hydrogen-bond donors (Lipinski definition) is 0. The lowest BCUT2D eigenvalue weighted by atomic mass is 10.1. The van der Waals surface area contributed by atoms with Gasteiger partial charge in [-0.05, 0) is 19.9 Å². The van der Waals surface area contributed by atoms with Crippen LogP contribution < -0.4 is 0 Å². The van der Waals surface area contributed by atoms with Crippen molar-refractivity contribution >= 4 is 5.78 Å². The Kier molecular flexibility index (Phi) is 2.60. The number of aromatic nitrogens is 4. The summed E-state index contributed by atoms with van der Waals surface area (Å²) in [4.78, 5) is 12.1. The van der Waals surface area contributed by atoms with Gasteiger partial charge in [0.25, 0.3) is 0 Å². The third kappa shape index (κ3) is 1.76. The Bertz CT molecular complexity index is 524. The van der Waals surface area contributed by atoms with E-state index in [4.69, 9.17) is 0 Å². The molecule has 0 aromatic carbocycles. The van der Waals surface area contributed by atoms with Crippen LogP contribution in [0.25, 0.3) is 0 Å². The first-order valence-electron chi connectivity index (χ1n) is 5.19. The monoisotopic (exact) mass is 218 g/mol. The number of ketones is 1. The molecule has 0 aliphatic rings. The Morgan fingerprint density at radius 1 is 1.50 bits per heavy atom. The van der Waals surface area contributed by atoms with E-state index < -0.39 is 0 Å². The lowest BCUT2D eigenvalue weighted by Gasteiger charge is -1.97. The third-order valence-corrected chi connectivity index (χ3v) is 2.45. The van der Waals surface area contributed by atoms with Gasteiger partial charge < -0.3 is 0 Å². The van der Waals surface area contributed by atoms with Crippen molar-refractivity contribution in [2.45, 2.75) is 20.4 Å². The standard InChI is InChI=1S/C11H14N4O/c1-4-15-7-9(6-12-15)11(16)10-5-8(2)13-14(10)3/h5-7H,4H2,1-3H3. The highest BCUT2D eigenvalue weighted by atomic mass is 16.1. The molecule has 0 N–H and O–H groups in total. The van der Waals surface area contributed by atoms with Gasteiger partial charge in [0.15, 0.2) is 0 Å². The summed E-state index contributed by atoms with van der Waals surface area (Å²) in [6.07, 6.45) is 3.35. The molecular formula is C11H14N4O. The minimum Gasteiger partial charge on any atom is -0.287 e. The molecule has 2 rings (SSSR count). The van der Waals surface area contributed by atoms with Crippen molar-refractivity contribution in [2.24, 2.45) is 7.05 Å². The van der Waals surface area contributed by atoms with Gasteiger partial charge in [0, 0.05) is 19.8 Å². The summed E-state index contributed by atoms with van der Waals surface area (Å²) in [6, 6.07) is 1.78. The van der Waals surface area contributed by atoms with Crippen LogP contribution >= 0.6 is 0 Å². The van der Waals surface area contributed by atoms with Gasteiger partial charge in [0.1, 0.15) is 5.69 Å². The van der Waals surface area contributed by atoms with Crippen molar-refractivity contribution in [1.29, 1.82) is 0 Å². The van der Waals surface area contributed by atoms with Crippen LogP contribution in [0.3, 0.4) is 0 Å². The van der Waals surface area contributed by atoms with Crippen LogP contribution in [0.1, 0.15) is 28.7 Å². The molecule has 0 unspecified atom stereocenters. The summed E-state index contributed by atoms with van der Waals surface area (Å²) in [6.45, 7) is 4.61. The molecule has 2 aromatic rings. The Balaban J connectivity index is 2.35. The first kappa shape index (κ1) is 10.6. The molecule has 0 amide bonds. The fourth-order valence-electron chi connectivity index (χ4n) is 1.62. The fraction of sp³-hybridized carbons (Fsp3) is 0.364. The quantitative estimate of drug-likeness (QED) is 0.727. The molecule has 0 saturated heterocycles. The lowest BCUT2D eigenvalue weighted by molar-refractivity contribution is 0.103. The minimum absolute atomic E-state index is 0.0391. The molecule has 0 atom stereocenters. The lowest BCUT2D eigenvalue weighted by Crippen LogP contribution is -2.07. The molecule has 0 radical (unpaired) electrons. The molecule has 0 aliphatic heterocycles. The van der Waals surface area contributed by atoms with E-state index in [0.29, 0.717) is 11.3 Å². The molecule has 0 bridgehead atoms. The summed E-state index contributed by atoms with van der Waals surface area (Å²) in [5.74, 6) is -0.0391. The Morgan fingerprint density at radius 2 is 2.25 bits per heavy atom. The zero-order valence-electron chi connectivity index (χ0n) is 9.64. The smallest absolute Gasteiger partial charge is 0.214 e. The van der Waals surface area contributed by atoms with E-state index in [1.54, 1.807) is 34.9 Å². The number of hydrogen-bond acceptors (Lipinski definition) is 3. The summed E-state index contributed by atoms with van der Waals surface area (Å²) in [5, 5.41) is 8.24. The van der Waals surface area contributed by atoms with Crippen molar-refractivity contribution in [1.82, 2.24) is 19.6 Å². The Morgan fingerprint density at radius 3 is 2.75 bits per heavy atom. The largest absolute Gasteiger partial charge is 0.287 e. The SMILES string of the molecule is CCn1cc(C(=O)c2cc(C)nn2C)cn1. The second kappa shape index (κ2) is 3.92. The molecule has 0 spiro atoms. The molecule has 2 heterocycles. The van der Waals surface area contributed by atoms with Crippen LogP contribution in [0.4, 0.5) is 0 Å². The average Bonchev–Trinajstić information content (AvgIpc) is 2.84. The molecule has 16 heavy (non-hydrogen) atoms. The first-order chi connectivity index (χ1) is 7.61. The van der Waals surface area contributed by atoms with E-state index in [1.165, 1.54) is 0 Å². The Hall–Kier alpha value is -1.91. The maximum Gasteiger partial charge on any atom is 0.214 e. The molecule has 2 aromatic heterocycles. The van der Waals surface area contributed by atoms with Crippen molar-refractivity contribution in [3.05, 3.63) is 35.4 Å². The van der Waals surface area contributed by atoms with Crippen molar-refractivity contribution in [3.8, 4) is 0 Å². The first-order valence-corrected chi connectivity index (χ1v) is 5.19. The van der Waals surface area contributed by atoms with Crippen LogP contribution in [-0.4, -0.2) is 25.3 Å². The molecule has 0 saturated carbocycles. The number of carbonyl (C=O) groups excluding carboxylic acids is 1. The third-order valence-electron chi connectivity index (χ3n) is 2.45. The molecular weight excluding hydrogens is 204 g/mol. The summed E-state index contributed by atoms with van der Waals surface area (Å²) >= 11 is 0. The molecule has 84 valence electrons. The maximum atomic E-state index is 12.1. The second-order valence-electron chi connectivity index (χ2n) is 3.71. The van der Waals surface area contributed by atoms with Gasteiger partial charge >= 0.3 is 0 Å². The Labute approximate surface area is 93.7 Å². The number of nitrogens with zero attached hydrogens (tertiary/aromatic N) is 4. The minimum atomic E-state index is -0.0391. The van der Waals surface area contributed by atoms with Crippen molar-refractivity contribution < 1.29 is 4.79 Å². The van der Waals surface area contributed by atoms with Crippen LogP contribution in [-0.2, 0) is 13.6 Å². The predicted molar refractivity (Wildman–Crippen MR) is 59.3 cm³/mol. The topological polar surface area (TPSA) is 52.7 Å². The highest BCUT2D eigenvalue weighted by molar-refractivity contribution is 6.07. The zero-order valence-corrected chi connectivity index (χ0v) is 9.64. The molecule has 0 aliphatic carbocycles. The fourth-order valence-corrected chi connectivity index (χ4v) is 1.62. The van der Waals surface area contributed by atoms with Crippen molar-refractivity contribution in [3.63, 3.8) is 0 Å². The zero-order chi connectivity index (χ0) is 11.7. The van der Waals surface area contributed by atoms with E-state index in [9.17, 15) is 4.79 Å². The van der Waals surface area contributed by atoms with E-state index in [1.807, 2.05) is 13.8 Å². The normalized spacial score (nSPS) is 10.7.